The smallest absolute Gasteiger partial charge is 0.348 e. The zero-order chi connectivity index (χ0) is 20.8. The molecular weight excluding hydrogens is 364 g/mol. The van der Waals surface area contributed by atoms with Crippen LogP contribution in [0.5, 0.6) is 0 Å². The van der Waals surface area contributed by atoms with Crippen LogP contribution in [-0.4, -0.2) is 52.6 Å². The highest BCUT2D eigenvalue weighted by Crippen LogP contribution is 2.13. The van der Waals surface area contributed by atoms with E-state index in [2.05, 4.69) is 0 Å². The monoisotopic (exact) mass is 384 g/mol. The largest absolute Gasteiger partial charge is 0.459 e. The number of carbonyl (C=O) groups excluding carboxylic acids is 2. The number of esters is 2. The van der Waals surface area contributed by atoms with Crippen molar-refractivity contribution in [3.63, 3.8) is 0 Å². The molecule has 1 aromatic rings. The Balaban J connectivity index is 2.86. The van der Waals surface area contributed by atoms with E-state index < -0.39 is 11.9 Å². The van der Waals surface area contributed by atoms with E-state index in [4.69, 9.17) is 29.5 Å². The van der Waals surface area contributed by atoms with E-state index in [1.54, 1.807) is 36.4 Å². The molecule has 0 aliphatic carbocycles. The molecule has 8 heteroatoms. The number of rotatable bonds is 10. The Hall–Kier alpha value is -3.46. The second-order valence-electron chi connectivity index (χ2n) is 5.26. The molecule has 0 N–H and O–H groups in total. The van der Waals surface area contributed by atoms with Crippen LogP contribution in [0.3, 0.4) is 0 Å². The fraction of sp³-hybridized carbons (Fsp3) is 0.300. The molecule has 28 heavy (non-hydrogen) atoms. The van der Waals surface area contributed by atoms with Gasteiger partial charge in [0.1, 0.15) is 36.5 Å². The summed E-state index contributed by atoms with van der Waals surface area (Å²) in [6.07, 6.45) is 2.76. The van der Waals surface area contributed by atoms with Crippen molar-refractivity contribution in [3.8, 4) is 12.1 Å². The number of carbonyl (C=O) groups is 2. The number of nitriles is 2. The molecule has 0 fully saturated rings. The number of hydrogen-bond donors (Lipinski definition) is 0. The van der Waals surface area contributed by atoms with E-state index in [-0.39, 0.29) is 37.6 Å². The van der Waals surface area contributed by atoms with Gasteiger partial charge in [-0.1, -0.05) is 24.3 Å². The second kappa shape index (κ2) is 12.8. The van der Waals surface area contributed by atoms with Gasteiger partial charge in [0, 0.05) is 14.2 Å². The van der Waals surface area contributed by atoms with Crippen LogP contribution >= 0.6 is 0 Å². The Bertz CT molecular complexity index is 744. The zero-order valence-corrected chi connectivity index (χ0v) is 15.6. The van der Waals surface area contributed by atoms with Crippen LogP contribution in [0.2, 0.25) is 0 Å². The minimum absolute atomic E-state index is 0.0511. The molecule has 0 saturated carbocycles. The molecule has 0 spiro atoms. The minimum atomic E-state index is -0.742. The first kappa shape index (κ1) is 22.6. The van der Waals surface area contributed by atoms with Crippen molar-refractivity contribution < 1.29 is 28.5 Å². The molecule has 0 aromatic heterocycles. The van der Waals surface area contributed by atoms with Crippen LogP contribution in [0.1, 0.15) is 11.1 Å². The van der Waals surface area contributed by atoms with E-state index in [0.29, 0.717) is 11.1 Å². The number of benzene rings is 1. The van der Waals surface area contributed by atoms with Gasteiger partial charge in [-0.2, -0.15) is 10.5 Å². The van der Waals surface area contributed by atoms with E-state index >= 15 is 0 Å². The SMILES string of the molecule is COCCOC(=O)/C(C#N)=C/c1ccc(/C=C(\C#N)C(=O)OCCOC)cc1. The van der Waals surface area contributed by atoms with Gasteiger partial charge < -0.3 is 18.9 Å². The molecular formula is C20H20N2O6. The van der Waals surface area contributed by atoms with Gasteiger partial charge in [0.15, 0.2) is 0 Å². The van der Waals surface area contributed by atoms with Crippen molar-refractivity contribution >= 4 is 24.1 Å². The summed E-state index contributed by atoms with van der Waals surface area (Å²) in [4.78, 5) is 23.6. The Morgan fingerprint density at radius 2 is 1.14 bits per heavy atom. The van der Waals surface area contributed by atoms with Crippen LogP contribution in [0.25, 0.3) is 12.2 Å². The molecule has 1 rings (SSSR count). The number of methoxy groups -OCH3 is 2. The molecule has 0 amide bonds. The maximum atomic E-state index is 11.8. The Morgan fingerprint density at radius 1 is 0.786 bits per heavy atom. The Labute approximate surface area is 163 Å². The molecule has 0 aliphatic heterocycles. The molecule has 0 saturated heterocycles. The fourth-order valence-corrected chi connectivity index (χ4v) is 1.89. The van der Waals surface area contributed by atoms with E-state index in [1.807, 2.05) is 0 Å². The van der Waals surface area contributed by atoms with Crippen molar-refractivity contribution in [3.05, 3.63) is 46.5 Å². The van der Waals surface area contributed by atoms with Crippen molar-refractivity contribution in [1.29, 1.82) is 10.5 Å². The van der Waals surface area contributed by atoms with E-state index in [9.17, 15) is 9.59 Å². The average Bonchev–Trinajstić information content (AvgIpc) is 2.71. The normalized spacial score (nSPS) is 11.3. The summed E-state index contributed by atoms with van der Waals surface area (Å²) >= 11 is 0. The summed E-state index contributed by atoms with van der Waals surface area (Å²) in [7, 11) is 2.95. The van der Waals surface area contributed by atoms with Gasteiger partial charge in [-0.25, -0.2) is 9.59 Å². The third-order valence-corrected chi connectivity index (χ3v) is 3.28. The lowest BCUT2D eigenvalue weighted by atomic mass is 10.1. The van der Waals surface area contributed by atoms with Crippen molar-refractivity contribution in [2.75, 3.05) is 40.6 Å². The topological polar surface area (TPSA) is 119 Å². The van der Waals surface area contributed by atoms with E-state index in [0.717, 1.165) is 0 Å². The van der Waals surface area contributed by atoms with Gasteiger partial charge in [-0.05, 0) is 23.3 Å². The predicted octanol–water partition coefficient (Wildman–Crippen LogP) is 1.88. The number of hydrogen-bond acceptors (Lipinski definition) is 8. The first-order chi connectivity index (χ1) is 13.5. The zero-order valence-electron chi connectivity index (χ0n) is 15.6. The van der Waals surface area contributed by atoms with Crippen LogP contribution in [0, 0.1) is 22.7 Å². The van der Waals surface area contributed by atoms with Crippen LogP contribution in [0.15, 0.2) is 35.4 Å². The molecule has 1 aromatic carbocycles. The Kier molecular flexibility index (Phi) is 10.3. The van der Waals surface area contributed by atoms with Gasteiger partial charge in [-0.3, -0.25) is 0 Å². The van der Waals surface area contributed by atoms with E-state index in [1.165, 1.54) is 26.4 Å². The lowest BCUT2D eigenvalue weighted by molar-refractivity contribution is -0.140. The van der Waals surface area contributed by atoms with Crippen LogP contribution < -0.4 is 0 Å². The molecule has 8 nitrogen and oxygen atoms in total. The summed E-state index contributed by atoms with van der Waals surface area (Å²) in [5.74, 6) is -1.48. The van der Waals surface area contributed by atoms with Gasteiger partial charge in [0.2, 0.25) is 0 Å². The molecule has 0 aliphatic rings. The van der Waals surface area contributed by atoms with Gasteiger partial charge >= 0.3 is 11.9 Å². The Morgan fingerprint density at radius 3 is 1.43 bits per heavy atom. The second-order valence-corrected chi connectivity index (χ2v) is 5.26. The quantitative estimate of drug-likeness (QED) is 0.260. The predicted molar refractivity (Wildman–Crippen MR) is 99.3 cm³/mol. The summed E-state index contributed by atoms with van der Waals surface area (Å²) in [6, 6.07) is 10.1. The van der Waals surface area contributed by atoms with Crippen molar-refractivity contribution in [1.82, 2.24) is 0 Å². The van der Waals surface area contributed by atoms with Crippen molar-refractivity contribution in [2.24, 2.45) is 0 Å². The van der Waals surface area contributed by atoms with Crippen molar-refractivity contribution in [2.45, 2.75) is 0 Å². The lowest BCUT2D eigenvalue weighted by Crippen LogP contribution is -2.11. The maximum Gasteiger partial charge on any atom is 0.348 e. The maximum absolute atomic E-state index is 11.8. The van der Waals surface area contributed by atoms with Gasteiger partial charge in [0.25, 0.3) is 0 Å². The average molecular weight is 384 g/mol. The third-order valence-electron chi connectivity index (χ3n) is 3.28. The molecule has 0 radical (unpaired) electrons. The highest BCUT2D eigenvalue weighted by molar-refractivity contribution is 5.98. The number of nitrogens with zero attached hydrogens (tertiary/aromatic N) is 2. The first-order valence-corrected chi connectivity index (χ1v) is 8.21. The highest BCUT2D eigenvalue weighted by atomic mass is 16.6. The molecule has 0 bridgehead atoms. The van der Waals surface area contributed by atoms with Crippen LogP contribution in [0.4, 0.5) is 0 Å². The summed E-state index contributed by atoms with van der Waals surface area (Å²) in [5, 5.41) is 18.2. The summed E-state index contributed by atoms with van der Waals surface area (Å²) in [6.45, 7) is 0.576. The van der Waals surface area contributed by atoms with Gasteiger partial charge in [-0.15, -0.1) is 0 Å². The summed E-state index contributed by atoms with van der Waals surface area (Å²) < 4.78 is 19.4. The van der Waals surface area contributed by atoms with Crippen LogP contribution in [-0.2, 0) is 28.5 Å². The number of ether oxygens (including phenoxy) is 4. The molecule has 146 valence electrons. The standard InChI is InChI=1S/C20H20N2O6/c1-25-7-9-27-19(23)17(13-21)11-15-3-5-16(6-4-15)12-18(14-22)20(24)28-10-8-26-2/h3-6,11-12H,7-10H2,1-2H3/b17-11+,18-12+. The lowest BCUT2D eigenvalue weighted by Gasteiger charge is -2.04. The molecule has 0 heterocycles. The van der Waals surface area contributed by atoms with Gasteiger partial charge in [0.05, 0.1) is 13.2 Å². The highest BCUT2D eigenvalue weighted by Gasteiger charge is 2.12. The first-order valence-electron chi connectivity index (χ1n) is 8.21. The third kappa shape index (κ3) is 7.83. The summed E-state index contributed by atoms with van der Waals surface area (Å²) in [5.41, 5.74) is 0.856. The molecule has 0 atom stereocenters. The fourth-order valence-electron chi connectivity index (χ4n) is 1.89. The minimum Gasteiger partial charge on any atom is -0.459 e. The molecule has 0 unspecified atom stereocenters.